The van der Waals surface area contributed by atoms with Crippen molar-refractivity contribution in [3.8, 4) is 5.69 Å². The molecule has 1 saturated carbocycles. The number of likely N-dealkylation sites (tertiary alicyclic amines) is 2. The minimum Gasteiger partial charge on any atom is -0.475 e. The van der Waals surface area contributed by atoms with Gasteiger partial charge in [-0.15, -0.1) is 0 Å². The molecule has 1 N–H and O–H groups in total. The smallest absolute Gasteiger partial charge is 0.475 e. The van der Waals surface area contributed by atoms with E-state index >= 15 is 0 Å². The van der Waals surface area contributed by atoms with Crippen LogP contribution in [0.15, 0.2) is 30.5 Å². The molecule has 4 fully saturated rings. The number of benzene rings is 1. The third kappa shape index (κ3) is 9.88. The van der Waals surface area contributed by atoms with Crippen molar-refractivity contribution >= 4 is 18.0 Å². The van der Waals surface area contributed by atoms with Gasteiger partial charge < -0.3 is 19.6 Å². The second-order valence-corrected chi connectivity index (χ2v) is 15.2. The van der Waals surface area contributed by atoms with Crippen LogP contribution in [0.1, 0.15) is 106 Å². The van der Waals surface area contributed by atoms with Crippen molar-refractivity contribution in [3.05, 3.63) is 47.3 Å². The molecule has 1 unspecified atom stereocenters. The number of hydrogen-bond acceptors (Lipinski definition) is 6. The molecule has 4 heterocycles. The average Bonchev–Trinajstić information content (AvgIpc) is 3.59. The van der Waals surface area contributed by atoms with Crippen LogP contribution in [-0.4, -0.2) is 105 Å². The number of ether oxygens (including phenoxy) is 1. The number of unbranched alkanes of at least 4 members (excludes halogenated alkanes) is 1. The Morgan fingerprint density at radius 3 is 2.11 bits per heavy atom. The molecule has 1 aromatic carbocycles. The lowest BCUT2D eigenvalue weighted by atomic mass is 9.75. The highest BCUT2D eigenvalue weighted by atomic mass is 19.4. The zero-order valence-corrected chi connectivity index (χ0v) is 30.9. The van der Waals surface area contributed by atoms with Gasteiger partial charge in [-0.25, -0.2) is 14.3 Å². The highest BCUT2D eigenvalue weighted by molar-refractivity contribution is 5.95. The predicted octanol–water partition coefficient (Wildman–Crippen LogP) is 8.11. The first-order chi connectivity index (χ1) is 25.5. The van der Waals surface area contributed by atoms with E-state index in [0.29, 0.717) is 37.8 Å². The Morgan fingerprint density at radius 2 is 1.56 bits per heavy atom. The van der Waals surface area contributed by atoms with Crippen molar-refractivity contribution < 1.29 is 50.6 Å². The Kier molecular flexibility index (Phi) is 13.3. The van der Waals surface area contributed by atoms with E-state index in [4.69, 9.17) is 14.6 Å². The number of carboxylic acids is 1. The normalized spacial score (nSPS) is 21.8. The largest absolute Gasteiger partial charge is 0.490 e. The number of aromatic nitrogens is 2. The summed E-state index contributed by atoms with van der Waals surface area (Å²) in [7, 11) is 0. The third-order valence-electron chi connectivity index (χ3n) is 11.5. The second kappa shape index (κ2) is 17.3. The van der Waals surface area contributed by atoms with E-state index in [0.717, 1.165) is 74.7 Å². The van der Waals surface area contributed by atoms with E-state index in [1.54, 1.807) is 24.3 Å². The number of aliphatic carboxylic acids is 1. The Labute approximate surface area is 311 Å². The quantitative estimate of drug-likeness (QED) is 0.270. The topological polar surface area (TPSA) is 108 Å². The zero-order chi connectivity index (χ0) is 39.3. The molecule has 2 aromatic rings. The number of aryl methyl sites for hydroxylation is 1. The van der Waals surface area contributed by atoms with Gasteiger partial charge >= 0.3 is 24.4 Å². The molecule has 2 amide bonds. The fourth-order valence-corrected chi connectivity index (χ4v) is 8.51. The van der Waals surface area contributed by atoms with Crippen LogP contribution < -0.4 is 0 Å². The Bertz CT molecular complexity index is 1570. The van der Waals surface area contributed by atoms with Crippen molar-refractivity contribution in [3.63, 3.8) is 0 Å². The van der Waals surface area contributed by atoms with Gasteiger partial charge in [-0.1, -0.05) is 56.7 Å². The molecule has 1 aromatic heterocycles. The van der Waals surface area contributed by atoms with Crippen molar-refractivity contribution in [2.24, 2.45) is 11.8 Å². The SMILES string of the molecule is CCCCC1CN(CC2CCCCC2)C(=O)OC12CCN(C1CCN(C(=O)c3cnn(-c4ccc(C)cc4)c3C(F)(F)F)CC1)CC2.O=C(O)C(F)(F)F. The van der Waals surface area contributed by atoms with Crippen LogP contribution in [0.4, 0.5) is 31.1 Å². The zero-order valence-electron chi connectivity index (χ0n) is 30.9. The first-order valence-electron chi connectivity index (χ1n) is 19.1. The predicted molar refractivity (Wildman–Crippen MR) is 187 cm³/mol. The lowest BCUT2D eigenvalue weighted by Gasteiger charge is -2.52. The number of carbonyl (C=O) groups is 3. The average molecular weight is 772 g/mol. The number of halogens is 6. The number of piperidine rings is 2. The van der Waals surface area contributed by atoms with E-state index in [2.05, 4.69) is 16.9 Å². The summed E-state index contributed by atoms with van der Waals surface area (Å²) in [5.41, 5.74) is -0.683. The number of nitrogens with zero attached hydrogens (tertiary/aromatic N) is 5. The minimum atomic E-state index is -5.08. The summed E-state index contributed by atoms with van der Waals surface area (Å²) in [6.07, 6.45) is 3.60. The molecule has 1 spiro atoms. The Balaban J connectivity index is 0.000000730. The van der Waals surface area contributed by atoms with Gasteiger partial charge in [0, 0.05) is 64.1 Å². The first-order valence-corrected chi connectivity index (χ1v) is 19.1. The molecular weight excluding hydrogens is 720 g/mol. The van der Waals surface area contributed by atoms with Crippen LogP contribution in [0.5, 0.6) is 0 Å². The fourth-order valence-electron chi connectivity index (χ4n) is 8.51. The van der Waals surface area contributed by atoms with Gasteiger partial charge in [0.15, 0.2) is 5.69 Å². The molecule has 1 aliphatic carbocycles. The van der Waals surface area contributed by atoms with Gasteiger partial charge in [0.2, 0.25) is 0 Å². The van der Waals surface area contributed by atoms with Gasteiger partial charge in [-0.05, 0) is 57.1 Å². The summed E-state index contributed by atoms with van der Waals surface area (Å²) in [6, 6.07) is 6.84. The molecule has 300 valence electrons. The van der Waals surface area contributed by atoms with Crippen LogP contribution >= 0.6 is 0 Å². The summed E-state index contributed by atoms with van der Waals surface area (Å²) < 4.78 is 81.8. The molecular formula is C38H51F6N5O5. The van der Waals surface area contributed by atoms with Crippen LogP contribution in [0.3, 0.4) is 0 Å². The van der Waals surface area contributed by atoms with Gasteiger partial charge in [0.1, 0.15) is 5.60 Å². The standard InChI is InChI=1S/C36H50F3N5O3.C2HF3O2/c1-3-4-10-28-25-43(24-27-8-6-5-7-9-27)34(46)47-35(28)17-21-41(22-18-35)29-15-19-42(20-16-29)33(45)31-23-40-44(32(31)36(37,38)39)30-13-11-26(2)12-14-30;3-2(4,5)1(6)7/h11-14,23,27-29H,3-10,15-22,24-25H2,1-2H3;(H,6,7). The molecule has 3 aliphatic heterocycles. The highest BCUT2D eigenvalue weighted by Gasteiger charge is 2.50. The molecule has 3 saturated heterocycles. The summed E-state index contributed by atoms with van der Waals surface area (Å²) in [5.74, 6) is -2.47. The summed E-state index contributed by atoms with van der Waals surface area (Å²) in [6.45, 7) is 8.09. The summed E-state index contributed by atoms with van der Waals surface area (Å²) >= 11 is 0. The molecule has 0 bridgehead atoms. The van der Waals surface area contributed by atoms with E-state index < -0.39 is 41.1 Å². The van der Waals surface area contributed by atoms with Crippen LogP contribution in [0.2, 0.25) is 0 Å². The van der Waals surface area contributed by atoms with Crippen molar-refractivity contribution in [2.45, 2.75) is 115 Å². The minimum absolute atomic E-state index is 0.146. The highest BCUT2D eigenvalue weighted by Crippen LogP contribution is 2.42. The van der Waals surface area contributed by atoms with Crippen LogP contribution in [-0.2, 0) is 15.7 Å². The molecule has 10 nitrogen and oxygen atoms in total. The number of carboxylic acid groups (broad SMARTS) is 1. The molecule has 0 radical (unpaired) electrons. The maximum absolute atomic E-state index is 14.3. The van der Waals surface area contributed by atoms with Crippen LogP contribution in [0, 0.1) is 18.8 Å². The molecule has 16 heteroatoms. The van der Waals surface area contributed by atoms with Crippen molar-refractivity contribution in [1.29, 1.82) is 0 Å². The molecule has 6 rings (SSSR count). The van der Waals surface area contributed by atoms with Gasteiger partial charge in [-0.2, -0.15) is 31.4 Å². The third-order valence-corrected chi connectivity index (χ3v) is 11.5. The van der Waals surface area contributed by atoms with E-state index in [9.17, 15) is 35.9 Å². The summed E-state index contributed by atoms with van der Waals surface area (Å²) in [4.78, 5) is 41.7. The molecule has 54 heavy (non-hydrogen) atoms. The maximum Gasteiger partial charge on any atom is 0.490 e. The molecule has 4 aliphatic rings. The van der Waals surface area contributed by atoms with Gasteiger partial charge in [-0.3, -0.25) is 9.69 Å². The monoisotopic (exact) mass is 771 g/mol. The number of alkyl halides is 6. The second-order valence-electron chi connectivity index (χ2n) is 15.2. The first kappa shape index (κ1) is 41.3. The van der Waals surface area contributed by atoms with Crippen LogP contribution in [0.25, 0.3) is 5.69 Å². The Morgan fingerprint density at radius 1 is 0.944 bits per heavy atom. The number of rotatable bonds is 8. The lowest BCUT2D eigenvalue weighted by Crippen LogP contribution is -2.61. The maximum atomic E-state index is 14.3. The number of amides is 2. The number of hydrogen-bond donors (Lipinski definition) is 1. The fraction of sp³-hybridized carbons (Fsp3) is 0.684. The van der Waals surface area contributed by atoms with Crippen molar-refractivity contribution in [2.75, 3.05) is 39.3 Å². The lowest BCUT2D eigenvalue weighted by molar-refractivity contribution is -0.192. The van der Waals surface area contributed by atoms with Crippen molar-refractivity contribution in [1.82, 2.24) is 24.5 Å². The number of carbonyl (C=O) groups excluding carboxylic acids is 2. The van der Waals surface area contributed by atoms with Gasteiger partial charge in [0.25, 0.3) is 5.91 Å². The van der Waals surface area contributed by atoms with Gasteiger partial charge in [0.05, 0.1) is 17.4 Å². The van der Waals surface area contributed by atoms with E-state index in [1.165, 1.54) is 37.0 Å². The Hall–Kier alpha value is -3.82. The summed E-state index contributed by atoms with van der Waals surface area (Å²) in [5, 5.41) is 11.1. The van der Waals surface area contributed by atoms with E-state index in [-0.39, 0.29) is 17.8 Å². The molecule has 1 atom stereocenters. The van der Waals surface area contributed by atoms with E-state index in [1.807, 2.05) is 11.8 Å².